The molecule has 0 saturated heterocycles. The molecule has 0 spiro atoms. The number of nitrogens with one attached hydrogen (secondary N) is 1. The molecule has 4 nitrogen and oxygen atoms in total. The minimum Gasteiger partial charge on any atom is -0.482 e. The first kappa shape index (κ1) is 16.4. The molecule has 0 saturated carbocycles. The molecule has 0 fully saturated rings. The van der Waals surface area contributed by atoms with Gasteiger partial charge in [0.1, 0.15) is 11.6 Å². The summed E-state index contributed by atoms with van der Waals surface area (Å²) in [6.45, 7) is 7.86. The number of benzene rings is 1. The fourth-order valence-corrected chi connectivity index (χ4v) is 1.57. The van der Waals surface area contributed by atoms with Crippen molar-refractivity contribution in [3.05, 3.63) is 29.6 Å². The van der Waals surface area contributed by atoms with Crippen LogP contribution in [0, 0.1) is 5.82 Å². The van der Waals surface area contributed by atoms with Gasteiger partial charge in [-0.1, -0.05) is 13.8 Å². The van der Waals surface area contributed by atoms with Crippen LogP contribution in [0.5, 0.6) is 5.75 Å². The molecule has 0 bridgehead atoms. The van der Waals surface area contributed by atoms with Gasteiger partial charge in [-0.15, -0.1) is 0 Å². The van der Waals surface area contributed by atoms with Crippen molar-refractivity contribution in [1.29, 1.82) is 0 Å². The summed E-state index contributed by atoms with van der Waals surface area (Å²) in [6, 6.07) is 4.71. The highest BCUT2D eigenvalue weighted by atomic mass is 19.1. The second kappa shape index (κ2) is 7.85. The van der Waals surface area contributed by atoms with E-state index in [0.717, 1.165) is 5.56 Å². The molecular formula is C15H22FNO3. The summed E-state index contributed by atoms with van der Waals surface area (Å²) >= 11 is 0. The topological polar surface area (TPSA) is 47.6 Å². The number of carbonyl (C=O) groups is 1. The van der Waals surface area contributed by atoms with Crippen LogP contribution < -0.4 is 10.1 Å². The van der Waals surface area contributed by atoms with Gasteiger partial charge in [0.05, 0.1) is 6.10 Å². The lowest BCUT2D eigenvalue weighted by Gasteiger charge is -2.12. The van der Waals surface area contributed by atoms with E-state index in [0.29, 0.717) is 18.3 Å². The molecule has 0 aromatic heterocycles. The SMILES string of the molecule is CC(C)NCc1cc(F)cc(OCC(=O)OC(C)C)c1. The lowest BCUT2D eigenvalue weighted by Crippen LogP contribution is -2.22. The molecule has 0 radical (unpaired) electrons. The third-order valence-corrected chi connectivity index (χ3v) is 2.37. The van der Waals surface area contributed by atoms with Crippen LogP contribution in [-0.2, 0) is 16.1 Å². The van der Waals surface area contributed by atoms with Gasteiger partial charge in [-0.05, 0) is 31.5 Å². The van der Waals surface area contributed by atoms with E-state index in [1.165, 1.54) is 12.1 Å². The zero-order chi connectivity index (χ0) is 15.1. The van der Waals surface area contributed by atoms with Crippen LogP contribution in [0.2, 0.25) is 0 Å². The third kappa shape index (κ3) is 6.52. The van der Waals surface area contributed by atoms with Crippen LogP contribution in [0.25, 0.3) is 0 Å². The second-order valence-corrected chi connectivity index (χ2v) is 5.16. The first-order chi connectivity index (χ1) is 9.36. The summed E-state index contributed by atoms with van der Waals surface area (Å²) in [7, 11) is 0. The third-order valence-electron chi connectivity index (χ3n) is 2.37. The van der Waals surface area contributed by atoms with Crippen LogP contribution in [0.3, 0.4) is 0 Å². The zero-order valence-corrected chi connectivity index (χ0v) is 12.4. The molecule has 0 aliphatic carbocycles. The largest absolute Gasteiger partial charge is 0.482 e. The molecule has 0 amide bonds. The predicted molar refractivity (Wildman–Crippen MR) is 75.1 cm³/mol. The number of esters is 1. The maximum absolute atomic E-state index is 13.5. The van der Waals surface area contributed by atoms with Crippen molar-refractivity contribution in [2.45, 2.75) is 46.4 Å². The molecule has 0 atom stereocenters. The van der Waals surface area contributed by atoms with Gasteiger partial charge in [0.2, 0.25) is 0 Å². The molecule has 20 heavy (non-hydrogen) atoms. The number of hydrogen-bond donors (Lipinski definition) is 1. The number of carbonyl (C=O) groups excluding carboxylic acids is 1. The Morgan fingerprint density at radius 1 is 1.25 bits per heavy atom. The Bertz CT molecular complexity index is 447. The predicted octanol–water partition coefficient (Wildman–Crippen LogP) is 2.65. The number of ether oxygens (including phenoxy) is 2. The van der Waals surface area contributed by atoms with Crippen molar-refractivity contribution in [2.24, 2.45) is 0 Å². The fraction of sp³-hybridized carbons (Fsp3) is 0.533. The lowest BCUT2D eigenvalue weighted by molar-refractivity contribution is -0.149. The number of halogens is 1. The quantitative estimate of drug-likeness (QED) is 0.782. The van der Waals surface area contributed by atoms with Gasteiger partial charge in [-0.25, -0.2) is 9.18 Å². The second-order valence-electron chi connectivity index (χ2n) is 5.16. The van der Waals surface area contributed by atoms with Gasteiger partial charge in [-0.2, -0.15) is 0 Å². The Hall–Kier alpha value is -1.62. The highest BCUT2D eigenvalue weighted by Gasteiger charge is 2.08. The van der Waals surface area contributed by atoms with E-state index in [-0.39, 0.29) is 18.5 Å². The Morgan fingerprint density at radius 2 is 1.95 bits per heavy atom. The van der Waals surface area contributed by atoms with Gasteiger partial charge < -0.3 is 14.8 Å². The molecular weight excluding hydrogens is 261 g/mol. The summed E-state index contributed by atoms with van der Waals surface area (Å²) in [5.74, 6) is -0.530. The molecule has 1 N–H and O–H groups in total. The molecule has 0 aliphatic heterocycles. The van der Waals surface area contributed by atoms with Gasteiger partial charge in [0, 0.05) is 18.7 Å². The highest BCUT2D eigenvalue weighted by molar-refractivity contribution is 5.71. The monoisotopic (exact) mass is 283 g/mol. The van der Waals surface area contributed by atoms with Gasteiger partial charge in [-0.3, -0.25) is 0 Å². The van der Waals surface area contributed by atoms with Crippen LogP contribution in [-0.4, -0.2) is 24.7 Å². The maximum Gasteiger partial charge on any atom is 0.344 e. The van der Waals surface area contributed by atoms with Gasteiger partial charge in [0.15, 0.2) is 6.61 Å². The van der Waals surface area contributed by atoms with E-state index in [1.807, 2.05) is 13.8 Å². The Balaban J connectivity index is 2.59. The average molecular weight is 283 g/mol. The summed E-state index contributed by atoms with van der Waals surface area (Å²) in [5, 5.41) is 3.19. The molecule has 1 aromatic rings. The zero-order valence-electron chi connectivity index (χ0n) is 12.4. The van der Waals surface area contributed by atoms with E-state index < -0.39 is 5.97 Å². The Morgan fingerprint density at radius 3 is 2.55 bits per heavy atom. The number of rotatable bonds is 7. The van der Waals surface area contributed by atoms with Crippen molar-refractivity contribution >= 4 is 5.97 Å². The molecule has 1 aromatic carbocycles. The van der Waals surface area contributed by atoms with Gasteiger partial charge >= 0.3 is 5.97 Å². The first-order valence-corrected chi connectivity index (χ1v) is 6.72. The molecule has 112 valence electrons. The van der Waals surface area contributed by atoms with E-state index in [4.69, 9.17) is 9.47 Å². The summed E-state index contributed by atoms with van der Waals surface area (Å²) in [5.41, 5.74) is 0.769. The highest BCUT2D eigenvalue weighted by Crippen LogP contribution is 2.16. The van der Waals surface area contributed by atoms with E-state index in [1.54, 1.807) is 19.9 Å². The smallest absolute Gasteiger partial charge is 0.344 e. The van der Waals surface area contributed by atoms with Crippen molar-refractivity contribution in [2.75, 3.05) is 6.61 Å². The maximum atomic E-state index is 13.5. The van der Waals surface area contributed by atoms with E-state index in [9.17, 15) is 9.18 Å². The van der Waals surface area contributed by atoms with Crippen molar-refractivity contribution in [3.63, 3.8) is 0 Å². The molecule has 0 unspecified atom stereocenters. The minimum absolute atomic E-state index is 0.190. The van der Waals surface area contributed by atoms with Gasteiger partial charge in [0.25, 0.3) is 0 Å². The Kier molecular flexibility index (Phi) is 6.45. The molecule has 0 aliphatic rings. The number of hydrogen-bond acceptors (Lipinski definition) is 4. The lowest BCUT2D eigenvalue weighted by atomic mass is 10.2. The van der Waals surface area contributed by atoms with Crippen LogP contribution in [0.1, 0.15) is 33.3 Å². The summed E-state index contributed by atoms with van der Waals surface area (Å²) in [4.78, 5) is 11.4. The van der Waals surface area contributed by atoms with Crippen molar-refractivity contribution in [3.8, 4) is 5.75 Å². The normalized spacial score (nSPS) is 10.9. The average Bonchev–Trinajstić information content (AvgIpc) is 2.32. The van der Waals surface area contributed by atoms with Crippen molar-refractivity contribution in [1.82, 2.24) is 5.32 Å². The molecule has 0 heterocycles. The summed E-state index contributed by atoms with van der Waals surface area (Å²) in [6.07, 6.45) is -0.190. The van der Waals surface area contributed by atoms with Crippen LogP contribution in [0.15, 0.2) is 18.2 Å². The van der Waals surface area contributed by atoms with E-state index >= 15 is 0 Å². The van der Waals surface area contributed by atoms with Crippen LogP contribution >= 0.6 is 0 Å². The molecule has 1 rings (SSSR count). The van der Waals surface area contributed by atoms with E-state index in [2.05, 4.69) is 5.32 Å². The molecule has 5 heteroatoms. The summed E-state index contributed by atoms with van der Waals surface area (Å²) < 4.78 is 23.7. The first-order valence-electron chi connectivity index (χ1n) is 6.72. The van der Waals surface area contributed by atoms with Crippen molar-refractivity contribution < 1.29 is 18.7 Å². The minimum atomic E-state index is -0.467. The Labute approximate surface area is 119 Å². The fourth-order valence-electron chi connectivity index (χ4n) is 1.57. The standard InChI is InChI=1S/C15H22FNO3/c1-10(2)17-8-12-5-13(16)7-14(6-12)19-9-15(18)20-11(3)4/h5-7,10-11,17H,8-9H2,1-4H3. The van der Waals surface area contributed by atoms with Crippen LogP contribution in [0.4, 0.5) is 4.39 Å².